The number of rotatable bonds is 6. The van der Waals surface area contributed by atoms with Gasteiger partial charge in [0.25, 0.3) is 0 Å². The van der Waals surface area contributed by atoms with Gasteiger partial charge in [-0.3, -0.25) is 0 Å². The normalized spacial score (nSPS) is 12.4. The van der Waals surface area contributed by atoms with Crippen LogP contribution in [-0.2, 0) is 5.16 Å². The van der Waals surface area contributed by atoms with E-state index in [-0.39, 0.29) is 5.16 Å². The lowest BCUT2D eigenvalue weighted by molar-refractivity contribution is 0.592. The van der Waals surface area contributed by atoms with Gasteiger partial charge in [-0.25, -0.2) is 4.98 Å². The summed E-state index contributed by atoms with van der Waals surface area (Å²) in [7, 11) is -0.522. The number of nitrogens with zero attached hydrogens (tertiary/aromatic N) is 2. The maximum atomic E-state index is 4.33. The number of allylic oxidation sites excluding steroid dienone is 2. The molecule has 0 unspecified atom stereocenters. The third-order valence-corrected chi connectivity index (χ3v) is 6.88. The second kappa shape index (κ2) is 7.25. The Balaban J connectivity index is 2.21. The van der Waals surface area contributed by atoms with Gasteiger partial charge in [0.2, 0.25) is 0 Å². The van der Waals surface area contributed by atoms with Gasteiger partial charge in [0, 0.05) is 12.4 Å². The number of hydrogen-bond donors (Lipinski definition) is 0. The standard InChI is InChI=1S/C20H22N2Si/c1-2-3-16-23-20(22-15-14-21-17-22,18-10-6-4-7-11-18)19-12-8-5-9-13-19/h2-15,17H,16,23H2,1H3. The molecule has 0 saturated carbocycles. The van der Waals surface area contributed by atoms with Gasteiger partial charge in [-0.05, 0) is 24.1 Å². The van der Waals surface area contributed by atoms with Crippen LogP contribution in [0.4, 0.5) is 0 Å². The van der Waals surface area contributed by atoms with Gasteiger partial charge in [0.05, 0.1) is 21.0 Å². The third-order valence-electron chi connectivity index (χ3n) is 4.36. The van der Waals surface area contributed by atoms with Crippen LogP contribution in [0.3, 0.4) is 0 Å². The molecule has 2 nitrogen and oxygen atoms in total. The van der Waals surface area contributed by atoms with E-state index in [1.54, 1.807) is 0 Å². The lowest BCUT2D eigenvalue weighted by Crippen LogP contribution is -2.41. The fourth-order valence-electron chi connectivity index (χ4n) is 3.25. The smallest absolute Gasteiger partial charge is 0.0953 e. The van der Waals surface area contributed by atoms with Gasteiger partial charge in [-0.1, -0.05) is 72.8 Å². The molecule has 0 spiro atoms. The highest BCUT2D eigenvalue weighted by Crippen LogP contribution is 2.34. The summed E-state index contributed by atoms with van der Waals surface area (Å²) in [5.41, 5.74) is 2.70. The molecule has 1 heterocycles. The highest BCUT2D eigenvalue weighted by Gasteiger charge is 2.35. The molecule has 0 aliphatic carbocycles. The van der Waals surface area contributed by atoms with E-state index in [2.05, 4.69) is 95.5 Å². The van der Waals surface area contributed by atoms with Gasteiger partial charge >= 0.3 is 0 Å². The van der Waals surface area contributed by atoms with Crippen molar-refractivity contribution in [3.8, 4) is 0 Å². The minimum atomic E-state index is -0.522. The highest BCUT2D eigenvalue weighted by atomic mass is 28.2. The molecule has 0 N–H and O–H groups in total. The monoisotopic (exact) mass is 318 g/mol. The molecule has 3 heteroatoms. The minimum absolute atomic E-state index is 0.0987. The number of aromatic nitrogens is 2. The van der Waals surface area contributed by atoms with Gasteiger partial charge in [0.15, 0.2) is 0 Å². The van der Waals surface area contributed by atoms with E-state index in [0.717, 1.165) is 6.04 Å². The van der Waals surface area contributed by atoms with E-state index in [9.17, 15) is 0 Å². The van der Waals surface area contributed by atoms with Crippen molar-refractivity contribution in [1.29, 1.82) is 0 Å². The zero-order chi connectivity index (χ0) is 16.0. The zero-order valence-corrected chi connectivity index (χ0v) is 14.9. The van der Waals surface area contributed by atoms with Crippen LogP contribution in [0.5, 0.6) is 0 Å². The van der Waals surface area contributed by atoms with Gasteiger partial charge in [-0.2, -0.15) is 0 Å². The van der Waals surface area contributed by atoms with Crippen molar-refractivity contribution in [1.82, 2.24) is 9.55 Å². The molecule has 0 saturated heterocycles. The van der Waals surface area contributed by atoms with Crippen LogP contribution in [-0.4, -0.2) is 19.1 Å². The molecule has 0 aliphatic heterocycles. The van der Waals surface area contributed by atoms with Crippen molar-refractivity contribution in [3.05, 3.63) is 103 Å². The van der Waals surface area contributed by atoms with E-state index < -0.39 is 9.52 Å². The summed E-state index contributed by atoms with van der Waals surface area (Å²) in [6, 6.07) is 22.8. The Labute approximate surface area is 140 Å². The summed E-state index contributed by atoms with van der Waals surface area (Å²) in [6.07, 6.45) is 10.4. The topological polar surface area (TPSA) is 17.8 Å². The molecule has 0 amide bonds. The first-order chi connectivity index (χ1) is 11.4. The molecule has 3 aromatic rings. The van der Waals surface area contributed by atoms with Gasteiger partial charge < -0.3 is 4.57 Å². The second-order valence-corrected chi connectivity index (χ2v) is 7.77. The SMILES string of the molecule is CC=CC[SiH2]C(c1ccccc1)(c1ccccc1)n1ccnc1. The molecule has 2 aromatic carbocycles. The van der Waals surface area contributed by atoms with Crippen LogP contribution in [0.1, 0.15) is 18.1 Å². The van der Waals surface area contributed by atoms with Crippen LogP contribution in [0.25, 0.3) is 0 Å². The Bertz CT molecular complexity index is 694. The van der Waals surface area contributed by atoms with E-state index in [4.69, 9.17) is 0 Å². The largest absolute Gasteiger partial charge is 0.327 e. The van der Waals surface area contributed by atoms with Crippen molar-refractivity contribution >= 4 is 9.52 Å². The fourth-order valence-corrected chi connectivity index (χ4v) is 5.67. The molecule has 0 fully saturated rings. The predicted molar refractivity (Wildman–Crippen MR) is 99.5 cm³/mol. The maximum absolute atomic E-state index is 4.33. The van der Waals surface area contributed by atoms with Crippen molar-refractivity contribution in [2.75, 3.05) is 0 Å². The Kier molecular flexibility index (Phi) is 4.88. The average Bonchev–Trinajstić information content (AvgIpc) is 3.15. The van der Waals surface area contributed by atoms with E-state index in [1.807, 2.05) is 12.5 Å². The highest BCUT2D eigenvalue weighted by molar-refractivity contribution is 6.42. The summed E-state index contributed by atoms with van der Waals surface area (Å²) < 4.78 is 2.30. The van der Waals surface area contributed by atoms with Crippen LogP contribution in [0, 0.1) is 0 Å². The van der Waals surface area contributed by atoms with Crippen LogP contribution < -0.4 is 0 Å². The van der Waals surface area contributed by atoms with Crippen molar-refractivity contribution < 1.29 is 0 Å². The van der Waals surface area contributed by atoms with E-state index >= 15 is 0 Å². The fraction of sp³-hybridized carbons (Fsp3) is 0.150. The van der Waals surface area contributed by atoms with Crippen LogP contribution in [0.2, 0.25) is 6.04 Å². The summed E-state index contributed by atoms with van der Waals surface area (Å²) in [6.45, 7) is 2.10. The maximum Gasteiger partial charge on any atom is 0.0953 e. The minimum Gasteiger partial charge on any atom is -0.327 e. The number of hydrogen-bond acceptors (Lipinski definition) is 1. The molecule has 0 atom stereocenters. The first-order valence-corrected chi connectivity index (χ1v) is 9.79. The molecule has 1 aromatic heterocycles. The average molecular weight is 318 g/mol. The summed E-state index contributed by atoms with van der Waals surface area (Å²) >= 11 is 0. The zero-order valence-electron chi connectivity index (χ0n) is 13.5. The van der Waals surface area contributed by atoms with Gasteiger partial charge in [0.1, 0.15) is 0 Å². The van der Waals surface area contributed by atoms with E-state index in [1.165, 1.54) is 11.1 Å². The molecular formula is C20H22N2Si. The van der Waals surface area contributed by atoms with Crippen molar-refractivity contribution in [3.63, 3.8) is 0 Å². The quantitative estimate of drug-likeness (QED) is 0.499. The van der Waals surface area contributed by atoms with Gasteiger partial charge in [-0.15, -0.1) is 0 Å². The molecule has 23 heavy (non-hydrogen) atoms. The molecule has 0 bridgehead atoms. The second-order valence-electron chi connectivity index (χ2n) is 5.67. The molecule has 116 valence electrons. The number of benzene rings is 2. The van der Waals surface area contributed by atoms with E-state index in [0.29, 0.717) is 0 Å². The lowest BCUT2D eigenvalue weighted by Gasteiger charge is -2.36. The summed E-state index contributed by atoms with van der Waals surface area (Å²) in [5.74, 6) is 0. The lowest BCUT2D eigenvalue weighted by atomic mass is 9.97. The molecule has 0 radical (unpaired) electrons. The first kappa shape index (κ1) is 15.5. The Hall–Kier alpha value is -2.39. The Morgan fingerprint density at radius 1 is 1.00 bits per heavy atom. The Morgan fingerprint density at radius 3 is 2.09 bits per heavy atom. The Morgan fingerprint density at radius 2 is 1.61 bits per heavy atom. The number of imidazole rings is 1. The van der Waals surface area contributed by atoms with Crippen LogP contribution >= 0.6 is 0 Å². The molecule has 3 rings (SSSR count). The van der Waals surface area contributed by atoms with Crippen LogP contribution in [0.15, 0.2) is 91.5 Å². The third kappa shape index (κ3) is 3.05. The van der Waals surface area contributed by atoms with Crippen molar-refractivity contribution in [2.24, 2.45) is 0 Å². The molecular weight excluding hydrogens is 296 g/mol. The summed E-state index contributed by atoms with van der Waals surface area (Å²) in [4.78, 5) is 4.33. The first-order valence-electron chi connectivity index (χ1n) is 8.08. The summed E-state index contributed by atoms with van der Waals surface area (Å²) in [5, 5.41) is -0.0987. The molecule has 0 aliphatic rings. The van der Waals surface area contributed by atoms with Crippen molar-refractivity contribution in [2.45, 2.75) is 18.1 Å². The predicted octanol–water partition coefficient (Wildman–Crippen LogP) is 3.80.